The number of nitrogens with zero attached hydrogens (tertiary/aromatic N) is 3. The van der Waals surface area contributed by atoms with E-state index in [0.717, 1.165) is 4.57 Å². The Kier molecular flexibility index (Phi) is 8.95. The molecular weight excluding hydrogens is 434 g/mol. The molecule has 0 aliphatic carbocycles. The van der Waals surface area contributed by atoms with E-state index in [1.165, 1.54) is 6.20 Å². The molecule has 182 valence electrons. The number of hydrogen-bond acceptors (Lipinski definition) is 9. The van der Waals surface area contributed by atoms with E-state index < -0.39 is 40.2 Å². The van der Waals surface area contributed by atoms with Crippen molar-refractivity contribution >= 4 is 29.1 Å². The minimum absolute atomic E-state index is 0.102. The lowest BCUT2D eigenvalue weighted by Crippen LogP contribution is -2.42. The van der Waals surface area contributed by atoms with Crippen LogP contribution in [-0.4, -0.2) is 68.8 Å². The van der Waals surface area contributed by atoms with Gasteiger partial charge in [-0.25, -0.2) is 19.1 Å². The smallest absolute Gasteiger partial charge is 0.420 e. The monoisotopic (exact) mass is 471 g/mol. The first-order chi connectivity index (χ1) is 14.3. The van der Waals surface area contributed by atoms with Gasteiger partial charge in [0.2, 0.25) is 0 Å². The van der Waals surface area contributed by atoms with Gasteiger partial charge in [0.15, 0.2) is 5.16 Å². The molecule has 10 heteroatoms. The van der Waals surface area contributed by atoms with Gasteiger partial charge in [0, 0.05) is 24.4 Å². The highest BCUT2D eigenvalue weighted by atomic mass is 32.2. The molecule has 9 nitrogen and oxygen atoms in total. The van der Waals surface area contributed by atoms with Crippen molar-refractivity contribution < 1.29 is 28.6 Å². The Morgan fingerprint density at radius 1 is 0.938 bits per heavy atom. The molecule has 0 aromatic carbocycles. The zero-order valence-corrected chi connectivity index (χ0v) is 21.9. The van der Waals surface area contributed by atoms with Crippen molar-refractivity contribution in [2.75, 3.05) is 14.1 Å². The second kappa shape index (κ2) is 10.2. The van der Waals surface area contributed by atoms with Crippen LogP contribution in [0.25, 0.3) is 0 Å². The molecule has 0 radical (unpaired) electrons. The van der Waals surface area contributed by atoms with Crippen LogP contribution in [0.15, 0.2) is 11.4 Å². The summed E-state index contributed by atoms with van der Waals surface area (Å²) in [4.78, 5) is 43.9. The standard InChI is InChI=1S/C22H37N3O6S/c1-20(2,3)29-16(26)15(24(10)11)12-14-13-25(18(27)30-21(4,5)6)17(23-14)32-19(28)31-22(7,8)9/h13,15H,12H2,1-11H3/t15-/m0/s1. The fraction of sp³-hybridized carbons (Fsp3) is 0.727. The van der Waals surface area contributed by atoms with Crippen LogP contribution in [0.2, 0.25) is 0 Å². The molecule has 1 heterocycles. The number of aromatic nitrogens is 2. The predicted molar refractivity (Wildman–Crippen MR) is 123 cm³/mol. The Morgan fingerprint density at radius 2 is 1.44 bits per heavy atom. The SMILES string of the molecule is CN(C)[C@@H](Cc1cn(C(=O)OC(C)(C)C)c(SC(=O)OC(C)(C)C)n1)C(=O)OC(C)(C)C. The number of rotatable bonds is 5. The zero-order chi connectivity index (χ0) is 25.1. The second-order valence-corrected chi connectivity index (χ2v) is 11.6. The zero-order valence-electron chi connectivity index (χ0n) is 21.1. The molecule has 0 bridgehead atoms. The van der Waals surface area contributed by atoms with Crippen LogP contribution >= 0.6 is 11.8 Å². The maximum atomic E-state index is 12.7. The van der Waals surface area contributed by atoms with E-state index in [1.54, 1.807) is 81.3 Å². The maximum absolute atomic E-state index is 12.7. The van der Waals surface area contributed by atoms with E-state index in [0.29, 0.717) is 17.5 Å². The molecule has 0 saturated heterocycles. The third kappa shape index (κ3) is 10.0. The topological polar surface area (TPSA) is 100.0 Å². The minimum Gasteiger partial charge on any atom is -0.459 e. The van der Waals surface area contributed by atoms with Crippen molar-refractivity contribution in [3.63, 3.8) is 0 Å². The first-order valence-electron chi connectivity index (χ1n) is 10.4. The van der Waals surface area contributed by atoms with E-state index >= 15 is 0 Å². The molecule has 0 unspecified atom stereocenters. The van der Waals surface area contributed by atoms with Gasteiger partial charge in [-0.2, -0.15) is 0 Å². The van der Waals surface area contributed by atoms with Crippen LogP contribution in [0.5, 0.6) is 0 Å². The van der Waals surface area contributed by atoms with Crippen LogP contribution in [0.3, 0.4) is 0 Å². The minimum atomic E-state index is -0.738. The number of carbonyl (C=O) groups is 3. The third-order valence-corrected chi connectivity index (χ3v) is 4.30. The largest absolute Gasteiger partial charge is 0.459 e. The van der Waals surface area contributed by atoms with E-state index in [9.17, 15) is 14.4 Å². The Bertz CT molecular complexity index is 828. The third-order valence-electron chi connectivity index (χ3n) is 3.58. The van der Waals surface area contributed by atoms with Crippen LogP contribution in [0, 0.1) is 0 Å². The number of likely N-dealkylation sites (N-methyl/N-ethyl adjacent to an activating group) is 1. The summed E-state index contributed by atoms with van der Waals surface area (Å²) in [6, 6.07) is -0.629. The van der Waals surface area contributed by atoms with Crippen molar-refractivity contribution in [1.29, 1.82) is 0 Å². The number of imidazole rings is 1. The fourth-order valence-electron chi connectivity index (χ4n) is 2.41. The molecule has 0 N–H and O–H groups in total. The summed E-state index contributed by atoms with van der Waals surface area (Å²) in [5.41, 5.74) is -1.63. The van der Waals surface area contributed by atoms with Crippen molar-refractivity contribution in [2.24, 2.45) is 0 Å². The normalized spacial score (nSPS) is 13.6. The molecule has 0 amide bonds. The van der Waals surface area contributed by atoms with Crippen LogP contribution in [0.1, 0.15) is 68.0 Å². The molecule has 1 rings (SSSR count). The van der Waals surface area contributed by atoms with Crippen LogP contribution < -0.4 is 0 Å². The number of thioether (sulfide) groups is 1. The van der Waals surface area contributed by atoms with Crippen molar-refractivity contribution in [1.82, 2.24) is 14.5 Å². The Balaban J connectivity index is 3.24. The van der Waals surface area contributed by atoms with Gasteiger partial charge in [-0.3, -0.25) is 9.69 Å². The van der Waals surface area contributed by atoms with Gasteiger partial charge < -0.3 is 14.2 Å². The highest BCUT2D eigenvalue weighted by molar-refractivity contribution is 8.13. The lowest BCUT2D eigenvalue weighted by atomic mass is 10.1. The molecular formula is C22H37N3O6S. The average Bonchev–Trinajstić information content (AvgIpc) is 2.89. The van der Waals surface area contributed by atoms with Crippen LogP contribution in [-0.2, 0) is 25.4 Å². The van der Waals surface area contributed by atoms with Crippen molar-refractivity contribution in [3.8, 4) is 0 Å². The first kappa shape index (κ1) is 28.0. The Labute approximate surface area is 195 Å². The summed E-state index contributed by atoms with van der Waals surface area (Å²) in [6.07, 6.45) is 0.974. The van der Waals surface area contributed by atoms with Gasteiger partial charge in [-0.1, -0.05) is 0 Å². The van der Waals surface area contributed by atoms with E-state index in [4.69, 9.17) is 14.2 Å². The first-order valence-corrected chi connectivity index (χ1v) is 11.2. The van der Waals surface area contributed by atoms with E-state index in [-0.39, 0.29) is 11.6 Å². The summed E-state index contributed by atoms with van der Waals surface area (Å²) < 4.78 is 17.5. The Morgan fingerprint density at radius 3 is 1.88 bits per heavy atom. The number of esters is 1. The molecule has 0 spiro atoms. The lowest BCUT2D eigenvalue weighted by molar-refractivity contribution is -0.160. The molecule has 1 aromatic heterocycles. The summed E-state index contributed by atoms with van der Waals surface area (Å²) >= 11 is 0.686. The molecule has 0 fully saturated rings. The van der Waals surface area contributed by atoms with Gasteiger partial charge in [-0.15, -0.1) is 0 Å². The summed E-state index contributed by atoms with van der Waals surface area (Å²) in [7, 11) is 3.52. The highest BCUT2D eigenvalue weighted by Gasteiger charge is 2.30. The van der Waals surface area contributed by atoms with Gasteiger partial charge >= 0.3 is 17.4 Å². The number of ether oxygens (including phenoxy) is 3. The van der Waals surface area contributed by atoms with E-state index in [2.05, 4.69) is 4.98 Å². The number of carbonyl (C=O) groups excluding carboxylic acids is 3. The summed E-state index contributed by atoms with van der Waals surface area (Å²) in [5, 5.41) is -0.499. The van der Waals surface area contributed by atoms with Crippen molar-refractivity contribution in [2.45, 2.75) is 96.7 Å². The molecule has 0 aliphatic heterocycles. The average molecular weight is 472 g/mol. The highest BCUT2D eigenvalue weighted by Crippen LogP contribution is 2.25. The van der Waals surface area contributed by atoms with Gasteiger partial charge in [0.05, 0.1) is 5.69 Å². The van der Waals surface area contributed by atoms with Crippen LogP contribution in [0.4, 0.5) is 9.59 Å². The summed E-state index contributed by atoms with van der Waals surface area (Å²) in [5.74, 6) is -0.407. The quantitative estimate of drug-likeness (QED) is 0.349. The van der Waals surface area contributed by atoms with Gasteiger partial charge in [-0.05, 0) is 76.4 Å². The second-order valence-electron chi connectivity index (χ2n) is 10.6. The molecule has 0 saturated carbocycles. The lowest BCUT2D eigenvalue weighted by Gasteiger charge is -2.27. The molecule has 0 aliphatic rings. The Hall–Kier alpha value is -2.07. The maximum Gasteiger partial charge on any atom is 0.420 e. The molecule has 1 aromatic rings. The van der Waals surface area contributed by atoms with Gasteiger partial charge in [0.25, 0.3) is 0 Å². The molecule has 32 heavy (non-hydrogen) atoms. The fourth-order valence-corrected chi connectivity index (χ4v) is 3.24. The van der Waals surface area contributed by atoms with Crippen molar-refractivity contribution in [3.05, 3.63) is 11.9 Å². The summed E-state index contributed by atoms with van der Waals surface area (Å²) in [6.45, 7) is 15.9. The predicted octanol–water partition coefficient (Wildman–Crippen LogP) is 4.51. The van der Waals surface area contributed by atoms with Gasteiger partial charge in [0.1, 0.15) is 22.8 Å². The molecule has 1 atom stereocenters. The van der Waals surface area contributed by atoms with E-state index in [1.807, 2.05) is 0 Å². The number of hydrogen-bond donors (Lipinski definition) is 0.